The molecule has 27 heavy (non-hydrogen) atoms. The van der Waals surface area contributed by atoms with Crippen LogP contribution in [0.5, 0.6) is 0 Å². The van der Waals surface area contributed by atoms with E-state index in [0.29, 0.717) is 5.95 Å². The molecular weight excluding hydrogens is 352 g/mol. The maximum absolute atomic E-state index is 12.3. The molecule has 3 aromatic rings. The molecule has 1 saturated heterocycles. The number of H-pyrrole nitrogens is 1. The van der Waals surface area contributed by atoms with Gasteiger partial charge in [0, 0.05) is 12.1 Å². The van der Waals surface area contributed by atoms with Gasteiger partial charge in [-0.2, -0.15) is 4.98 Å². The van der Waals surface area contributed by atoms with E-state index < -0.39 is 24.0 Å². The zero-order valence-electron chi connectivity index (χ0n) is 14.6. The maximum atomic E-state index is 12.3. The van der Waals surface area contributed by atoms with Crippen molar-refractivity contribution >= 4 is 28.7 Å². The zero-order valence-corrected chi connectivity index (χ0v) is 14.6. The summed E-state index contributed by atoms with van der Waals surface area (Å²) in [6.07, 6.45) is -2.01. The van der Waals surface area contributed by atoms with Crippen molar-refractivity contribution in [2.24, 2.45) is 0 Å². The molecule has 3 atom stereocenters. The van der Waals surface area contributed by atoms with Crippen molar-refractivity contribution in [3.63, 3.8) is 0 Å². The van der Waals surface area contributed by atoms with Crippen LogP contribution in [-0.4, -0.2) is 48.5 Å². The Hall–Kier alpha value is -2.95. The van der Waals surface area contributed by atoms with Crippen LogP contribution in [0.2, 0.25) is 0 Å². The number of imidazole rings is 1. The van der Waals surface area contributed by atoms with Gasteiger partial charge in [-0.15, -0.1) is 0 Å². The first kappa shape index (κ1) is 17.5. The number of aromatic amines is 1. The van der Waals surface area contributed by atoms with Crippen LogP contribution in [0.3, 0.4) is 0 Å². The van der Waals surface area contributed by atoms with Crippen molar-refractivity contribution in [1.29, 1.82) is 0 Å². The van der Waals surface area contributed by atoms with E-state index in [-0.39, 0.29) is 30.1 Å². The van der Waals surface area contributed by atoms with E-state index >= 15 is 0 Å². The molecule has 0 amide bonds. The van der Waals surface area contributed by atoms with Crippen LogP contribution in [0.4, 0.5) is 17.6 Å². The number of rotatable bonds is 4. The predicted octanol–water partition coefficient (Wildman–Crippen LogP) is 0.395. The Morgan fingerprint density at radius 3 is 2.78 bits per heavy atom. The summed E-state index contributed by atoms with van der Waals surface area (Å²) >= 11 is 0. The van der Waals surface area contributed by atoms with Gasteiger partial charge in [0.2, 0.25) is 11.9 Å². The van der Waals surface area contributed by atoms with Crippen molar-refractivity contribution in [2.75, 3.05) is 17.7 Å². The van der Waals surface area contributed by atoms with Crippen LogP contribution in [0.15, 0.2) is 29.1 Å². The minimum absolute atomic E-state index is 0.0483. The number of anilines is 3. The molecule has 4 rings (SSSR count). The van der Waals surface area contributed by atoms with Crippen LogP contribution in [0.25, 0.3) is 11.2 Å². The lowest BCUT2D eigenvalue weighted by molar-refractivity contribution is -0.0425. The van der Waals surface area contributed by atoms with Gasteiger partial charge in [0.1, 0.15) is 12.3 Å². The summed E-state index contributed by atoms with van der Waals surface area (Å²) in [6.45, 7) is 1.66. The third-order valence-electron chi connectivity index (χ3n) is 4.55. The Bertz CT molecular complexity index is 1030. The van der Waals surface area contributed by atoms with Crippen molar-refractivity contribution in [2.45, 2.75) is 31.8 Å². The summed E-state index contributed by atoms with van der Waals surface area (Å²) in [5.74, 6) is 0.279. The van der Waals surface area contributed by atoms with Crippen molar-refractivity contribution in [1.82, 2.24) is 19.5 Å². The number of hydrogen-bond donors (Lipinski definition) is 5. The van der Waals surface area contributed by atoms with E-state index in [0.717, 1.165) is 11.3 Å². The van der Waals surface area contributed by atoms with Gasteiger partial charge < -0.3 is 26.0 Å². The quantitative estimate of drug-likeness (QED) is 0.441. The smallest absolute Gasteiger partial charge is 0.280 e. The van der Waals surface area contributed by atoms with Gasteiger partial charge in [-0.1, -0.05) is 17.7 Å². The standard InChI is InChI=1S/C17H20N6O4/c1-8-2-4-9(5-3-8)19-17-20-13-14(21-16(18)22-15(13)26)23(17)12-6-10(25)11(7-24)27-12/h2-5,10-12,24-25H,6-7H2,1H3,(H,19,20)(H3,18,21,22,26). The largest absolute Gasteiger partial charge is 0.394 e. The van der Waals surface area contributed by atoms with E-state index in [1.807, 2.05) is 31.2 Å². The molecule has 1 aromatic carbocycles. The normalized spacial score (nSPS) is 22.4. The highest BCUT2D eigenvalue weighted by atomic mass is 16.5. The second-order valence-corrected chi connectivity index (χ2v) is 6.53. The molecule has 1 aliphatic heterocycles. The molecule has 0 spiro atoms. The Morgan fingerprint density at radius 1 is 1.37 bits per heavy atom. The summed E-state index contributed by atoms with van der Waals surface area (Å²) in [5.41, 5.74) is 7.43. The number of fused-ring (bicyclic) bond motifs is 1. The van der Waals surface area contributed by atoms with Gasteiger partial charge in [-0.05, 0) is 19.1 Å². The SMILES string of the molecule is Cc1ccc(Nc2nc3c(=O)[nH]c(N)nc3n2C2CC(O)C(CO)O2)cc1. The molecule has 3 heterocycles. The fraction of sp³-hybridized carbons (Fsp3) is 0.353. The van der Waals surface area contributed by atoms with Crippen molar-refractivity contribution < 1.29 is 14.9 Å². The summed E-state index contributed by atoms with van der Waals surface area (Å²) < 4.78 is 7.33. The second-order valence-electron chi connectivity index (χ2n) is 6.53. The molecule has 1 fully saturated rings. The molecular formula is C17H20N6O4. The minimum atomic E-state index is -0.844. The molecule has 0 aliphatic carbocycles. The van der Waals surface area contributed by atoms with Crippen molar-refractivity contribution in [3.8, 4) is 0 Å². The molecule has 0 saturated carbocycles. The predicted molar refractivity (Wildman–Crippen MR) is 98.6 cm³/mol. The number of hydrogen-bond acceptors (Lipinski definition) is 8. The number of nitrogens with one attached hydrogen (secondary N) is 2. The highest BCUT2D eigenvalue weighted by Gasteiger charge is 2.37. The molecule has 6 N–H and O–H groups in total. The van der Waals surface area contributed by atoms with Crippen LogP contribution < -0.4 is 16.6 Å². The van der Waals surface area contributed by atoms with Gasteiger partial charge in [0.25, 0.3) is 5.56 Å². The molecule has 10 heteroatoms. The minimum Gasteiger partial charge on any atom is -0.394 e. The van der Waals surface area contributed by atoms with Gasteiger partial charge >= 0.3 is 0 Å². The number of aromatic nitrogens is 4. The average molecular weight is 372 g/mol. The first-order valence-corrected chi connectivity index (χ1v) is 8.52. The van der Waals surface area contributed by atoms with Crippen LogP contribution in [-0.2, 0) is 4.74 Å². The topological polar surface area (TPSA) is 151 Å². The monoisotopic (exact) mass is 372 g/mol. The Kier molecular flexibility index (Phi) is 4.30. The van der Waals surface area contributed by atoms with Gasteiger partial charge in [0.15, 0.2) is 11.2 Å². The molecule has 0 radical (unpaired) electrons. The second kappa shape index (κ2) is 6.65. The van der Waals surface area contributed by atoms with E-state index in [2.05, 4.69) is 20.3 Å². The number of nitrogen functional groups attached to an aromatic ring is 1. The maximum Gasteiger partial charge on any atom is 0.280 e. The number of aryl methyl sites for hydroxylation is 1. The molecule has 0 bridgehead atoms. The number of nitrogens with two attached hydrogens (primary N) is 1. The fourth-order valence-corrected chi connectivity index (χ4v) is 3.17. The lowest BCUT2D eigenvalue weighted by Gasteiger charge is -2.17. The fourth-order valence-electron chi connectivity index (χ4n) is 3.17. The summed E-state index contributed by atoms with van der Waals surface area (Å²) in [6, 6.07) is 7.64. The lowest BCUT2D eigenvalue weighted by Crippen LogP contribution is -2.24. The number of aliphatic hydroxyl groups excluding tert-OH is 2. The average Bonchev–Trinajstić information content (AvgIpc) is 3.17. The Morgan fingerprint density at radius 2 is 2.11 bits per heavy atom. The zero-order chi connectivity index (χ0) is 19.1. The van der Waals surface area contributed by atoms with Gasteiger partial charge in [-0.3, -0.25) is 14.3 Å². The van der Waals surface area contributed by atoms with Crippen molar-refractivity contribution in [3.05, 3.63) is 40.2 Å². The summed E-state index contributed by atoms with van der Waals surface area (Å²) in [4.78, 5) is 23.2. The van der Waals surface area contributed by atoms with E-state index in [1.54, 1.807) is 4.57 Å². The van der Waals surface area contributed by atoms with E-state index in [4.69, 9.17) is 10.5 Å². The molecule has 3 unspecified atom stereocenters. The van der Waals surface area contributed by atoms with E-state index in [1.165, 1.54) is 0 Å². The molecule has 1 aliphatic rings. The molecule has 142 valence electrons. The third kappa shape index (κ3) is 3.14. The molecule has 10 nitrogen and oxygen atoms in total. The van der Waals surface area contributed by atoms with Crippen LogP contribution >= 0.6 is 0 Å². The first-order valence-electron chi connectivity index (χ1n) is 8.52. The van der Waals surface area contributed by atoms with E-state index in [9.17, 15) is 15.0 Å². The number of nitrogens with zero attached hydrogens (tertiary/aromatic N) is 3. The Balaban J connectivity index is 1.83. The van der Waals surface area contributed by atoms with Crippen LogP contribution in [0, 0.1) is 6.92 Å². The Labute approximate surface area is 153 Å². The summed E-state index contributed by atoms with van der Waals surface area (Å²) in [5, 5.41) is 22.6. The summed E-state index contributed by atoms with van der Waals surface area (Å²) in [7, 11) is 0. The lowest BCUT2D eigenvalue weighted by atomic mass is 10.2. The number of ether oxygens (including phenoxy) is 1. The first-order chi connectivity index (χ1) is 13.0. The van der Waals surface area contributed by atoms with Gasteiger partial charge in [0.05, 0.1) is 12.7 Å². The van der Waals surface area contributed by atoms with Gasteiger partial charge in [-0.25, -0.2) is 4.98 Å². The highest BCUT2D eigenvalue weighted by Crippen LogP contribution is 2.34. The third-order valence-corrected chi connectivity index (χ3v) is 4.55. The number of benzene rings is 1. The highest BCUT2D eigenvalue weighted by molar-refractivity contribution is 5.76. The number of aliphatic hydroxyl groups is 2. The molecule has 2 aromatic heterocycles. The van der Waals surface area contributed by atoms with Crippen LogP contribution in [0.1, 0.15) is 18.2 Å².